The first kappa shape index (κ1) is 14.4. The monoisotopic (exact) mass is 298 g/mol. The van der Waals surface area contributed by atoms with E-state index in [0.29, 0.717) is 12.1 Å². The Morgan fingerprint density at radius 1 is 1.47 bits per heavy atom. The Bertz CT molecular complexity index is 580. The third-order valence-corrected chi connectivity index (χ3v) is 5.39. The van der Waals surface area contributed by atoms with E-state index in [2.05, 4.69) is 0 Å². The lowest BCUT2D eigenvalue weighted by Gasteiger charge is -2.20. The minimum atomic E-state index is -3.26. The summed E-state index contributed by atoms with van der Waals surface area (Å²) in [4.78, 5) is 0.286. The van der Waals surface area contributed by atoms with Crippen LogP contribution in [0.1, 0.15) is 30.9 Å². The van der Waals surface area contributed by atoms with Gasteiger partial charge in [-0.2, -0.15) is 4.31 Å². The van der Waals surface area contributed by atoms with Gasteiger partial charge in [-0.15, -0.1) is 0 Å². The van der Waals surface area contributed by atoms with Crippen LogP contribution >= 0.6 is 12.2 Å². The van der Waals surface area contributed by atoms with Gasteiger partial charge < -0.3 is 5.73 Å². The molecule has 2 N–H and O–H groups in total. The topological polar surface area (TPSA) is 63.4 Å². The number of benzene rings is 1. The predicted molar refractivity (Wildman–Crippen MR) is 80.4 cm³/mol. The largest absolute Gasteiger partial charge is 0.389 e. The summed E-state index contributed by atoms with van der Waals surface area (Å²) in [6.45, 7) is 2.41. The zero-order valence-electron chi connectivity index (χ0n) is 10.9. The van der Waals surface area contributed by atoms with E-state index in [0.717, 1.165) is 18.4 Å². The highest BCUT2D eigenvalue weighted by Crippen LogP contribution is 2.30. The Morgan fingerprint density at radius 3 is 2.68 bits per heavy atom. The summed E-state index contributed by atoms with van der Waals surface area (Å²) < 4.78 is 26.3. The van der Waals surface area contributed by atoms with Crippen LogP contribution in [0.5, 0.6) is 0 Å². The highest BCUT2D eigenvalue weighted by molar-refractivity contribution is 7.88. The van der Waals surface area contributed by atoms with Gasteiger partial charge in [-0.05, 0) is 24.5 Å². The van der Waals surface area contributed by atoms with Gasteiger partial charge in [0.15, 0.2) is 0 Å². The van der Waals surface area contributed by atoms with Crippen LogP contribution in [0.15, 0.2) is 24.3 Å². The molecule has 104 valence electrons. The zero-order chi connectivity index (χ0) is 14.0. The molecule has 0 aromatic heterocycles. The van der Waals surface area contributed by atoms with Gasteiger partial charge in [0.25, 0.3) is 0 Å². The number of sulfonamides is 1. The minimum Gasteiger partial charge on any atom is -0.389 e. The molecule has 0 radical (unpaired) electrons. The highest BCUT2D eigenvalue weighted by Gasteiger charge is 2.35. The number of rotatable bonds is 6. The minimum absolute atomic E-state index is 0.00773. The smallest absolute Gasteiger partial charge is 0.218 e. The molecular formula is C13H18N2O2S2. The van der Waals surface area contributed by atoms with Gasteiger partial charge >= 0.3 is 0 Å². The molecule has 1 aromatic rings. The lowest BCUT2D eigenvalue weighted by molar-refractivity contribution is 0.420. The first-order valence-corrected chi connectivity index (χ1v) is 8.34. The molecule has 0 amide bonds. The van der Waals surface area contributed by atoms with Crippen LogP contribution in [0.3, 0.4) is 0 Å². The van der Waals surface area contributed by atoms with Crippen molar-refractivity contribution in [3.05, 3.63) is 35.4 Å². The Balaban J connectivity index is 2.19. The number of hydrogen-bond acceptors (Lipinski definition) is 3. The summed E-state index contributed by atoms with van der Waals surface area (Å²) in [7, 11) is -3.26. The number of nitrogens with zero attached hydrogens (tertiary/aromatic N) is 1. The van der Waals surface area contributed by atoms with Gasteiger partial charge in [0, 0.05) is 18.2 Å². The first-order valence-electron chi connectivity index (χ1n) is 6.32. The van der Waals surface area contributed by atoms with Crippen molar-refractivity contribution in [1.29, 1.82) is 0 Å². The molecule has 1 fully saturated rings. The molecule has 2 rings (SSSR count). The first-order chi connectivity index (χ1) is 8.94. The van der Waals surface area contributed by atoms with E-state index in [1.165, 1.54) is 0 Å². The van der Waals surface area contributed by atoms with Crippen LogP contribution in [0, 0.1) is 0 Å². The maximum atomic E-state index is 12.4. The molecule has 19 heavy (non-hydrogen) atoms. The van der Waals surface area contributed by atoms with E-state index in [1.807, 2.05) is 6.92 Å². The molecule has 4 nitrogen and oxygen atoms in total. The fourth-order valence-electron chi connectivity index (χ4n) is 2.15. The van der Waals surface area contributed by atoms with Gasteiger partial charge in [-0.25, -0.2) is 8.42 Å². The quantitative estimate of drug-likeness (QED) is 0.811. The molecule has 1 saturated carbocycles. The highest BCUT2D eigenvalue weighted by atomic mass is 32.2. The summed E-state index contributed by atoms with van der Waals surface area (Å²) in [6, 6.07) is 7.32. The maximum absolute atomic E-state index is 12.4. The average Bonchev–Trinajstić information content (AvgIpc) is 3.13. The molecule has 0 atom stereocenters. The maximum Gasteiger partial charge on any atom is 0.218 e. The van der Waals surface area contributed by atoms with Crippen LogP contribution < -0.4 is 5.73 Å². The van der Waals surface area contributed by atoms with Crippen molar-refractivity contribution in [1.82, 2.24) is 4.31 Å². The van der Waals surface area contributed by atoms with Gasteiger partial charge in [-0.3, -0.25) is 0 Å². The van der Waals surface area contributed by atoms with E-state index < -0.39 is 10.0 Å². The van der Waals surface area contributed by atoms with Crippen molar-refractivity contribution in [2.24, 2.45) is 5.73 Å². The molecule has 6 heteroatoms. The molecule has 1 aromatic carbocycles. The Hall–Kier alpha value is -0.980. The van der Waals surface area contributed by atoms with Gasteiger partial charge in [-0.1, -0.05) is 37.3 Å². The standard InChI is InChI=1S/C13H18N2O2S2/c1-2-15(12-6-7-12)19(16,17)9-10-4-3-5-11(8-10)13(14)18/h3-5,8,12H,2,6-7,9H2,1H3,(H2,14,18). The van der Waals surface area contributed by atoms with Crippen molar-refractivity contribution in [3.8, 4) is 0 Å². The average molecular weight is 298 g/mol. The van der Waals surface area contributed by atoms with Crippen molar-refractivity contribution in [2.75, 3.05) is 6.54 Å². The van der Waals surface area contributed by atoms with Crippen molar-refractivity contribution >= 4 is 27.2 Å². The van der Waals surface area contributed by atoms with E-state index >= 15 is 0 Å². The number of thiocarbonyl (C=S) groups is 1. The molecule has 0 saturated heterocycles. The van der Waals surface area contributed by atoms with Crippen LogP contribution in [0.2, 0.25) is 0 Å². The van der Waals surface area contributed by atoms with Crippen LogP contribution in [0.25, 0.3) is 0 Å². The summed E-state index contributed by atoms with van der Waals surface area (Å²) in [6.07, 6.45) is 1.94. The second-order valence-electron chi connectivity index (χ2n) is 4.76. The van der Waals surface area contributed by atoms with Gasteiger partial charge in [0.1, 0.15) is 4.99 Å². The third-order valence-electron chi connectivity index (χ3n) is 3.18. The summed E-state index contributed by atoms with van der Waals surface area (Å²) >= 11 is 4.91. The van der Waals surface area contributed by atoms with E-state index in [1.54, 1.807) is 28.6 Å². The molecule has 1 aliphatic rings. The lowest BCUT2D eigenvalue weighted by atomic mass is 10.1. The molecule has 0 aliphatic heterocycles. The van der Waals surface area contributed by atoms with Gasteiger partial charge in [0.05, 0.1) is 5.75 Å². The zero-order valence-corrected chi connectivity index (χ0v) is 12.5. The van der Waals surface area contributed by atoms with Crippen LogP contribution in [0.4, 0.5) is 0 Å². The van der Waals surface area contributed by atoms with Crippen LogP contribution in [-0.2, 0) is 15.8 Å². The molecule has 0 bridgehead atoms. The fraction of sp³-hybridized carbons (Fsp3) is 0.462. The molecule has 0 heterocycles. The van der Waals surface area contributed by atoms with Gasteiger partial charge in [0.2, 0.25) is 10.0 Å². The van der Waals surface area contributed by atoms with Crippen LogP contribution in [-0.4, -0.2) is 30.3 Å². The Labute approximate surface area is 119 Å². The Morgan fingerprint density at radius 2 is 2.16 bits per heavy atom. The number of hydrogen-bond donors (Lipinski definition) is 1. The molecule has 0 unspecified atom stereocenters. The SMILES string of the molecule is CCN(C1CC1)S(=O)(=O)Cc1cccc(C(N)=S)c1. The number of nitrogens with two attached hydrogens (primary N) is 1. The third kappa shape index (κ3) is 3.52. The second-order valence-corrected chi connectivity index (χ2v) is 7.12. The summed E-state index contributed by atoms with van der Waals surface area (Å²) in [5.41, 5.74) is 6.99. The van der Waals surface area contributed by atoms with E-state index in [9.17, 15) is 8.42 Å². The fourth-order valence-corrected chi connectivity index (χ4v) is 4.10. The van der Waals surface area contributed by atoms with E-state index in [-0.39, 0.29) is 16.8 Å². The van der Waals surface area contributed by atoms with Crippen molar-refractivity contribution in [3.63, 3.8) is 0 Å². The summed E-state index contributed by atoms with van der Waals surface area (Å²) in [5, 5.41) is 0. The van der Waals surface area contributed by atoms with Crippen molar-refractivity contribution in [2.45, 2.75) is 31.6 Å². The molecular weight excluding hydrogens is 280 g/mol. The Kier molecular flexibility index (Phi) is 4.23. The molecule has 0 spiro atoms. The molecule has 1 aliphatic carbocycles. The lowest BCUT2D eigenvalue weighted by Crippen LogP contribution is -2.33. The van der Waals surface area contributed by atoms with E-state index in [4.69, 9.17) is 18.0 Å². The normalized spacial score (nSPS) is 15.7. The second kappa shape index (κ2) is 5.56. The predicted octanol–water partition coefficient (Wildman–Crippen LogP) is 1.63. The summed E-state index contributed by atoms with van der Waals surface area (Å²) in [5.74, 6) is 0.00773. The van der Waals surface area contributed by atoms with Crippen molar-refractivity contribution < 1.29 is 8.42 Å².